The van der Waals surface area contributed by atoms with Crippen LogP contribution < -0.4 is 0 Å². The van der Waals surface area contributed by atoms with Gasteiger partial charge in [0.05, 0.1) is 13.2 Å². The Morgan fingerprint density at radius 2 is 2.29 bits per heavy atom. The molecule has 0 aromatic heterocycles. The summed E-state index contributed by atoms with van der Waals surface area (Å²) >= 11 is 0. The van der Waals surface area contributed by atoms with Gasteiger partial charge in [0.1, 0.15) is 0 Å². The lowest BCUT2D eigenvalue weighted by atomic mass is 10.0. The molecule has 0 spiro atoms. The SMILES string of the molecule is O=C(O)[C@@H]1CN(C(=O)C[C@@H]2C=CCC2)CCO1. The second-order valence-electron chi connectivity index (χ2n) is 4.51. The summed E-state index contributed by atoms with van der Waals surface area (Å²) < 4.78 is 5.08. The molecule has 1 aliphatic carbocycles. The fourth-order valence-electron chi connectivity index (χ4n) is 2.24. The number of allylic oxidation sites excluding steroid dienone is 2. The Kier molecular flexibility index (Phi) is 3.78. The monoisotopic (exact) mass is 239 g/mol. The predicted molar refractivity (Wildman–Crippen MR) is 60.4 cm³/mol. The minimum absolute atomic E-state index is 0.0381. The molecular formula is C12H17NO4. The van der Waals surface area contributed by atoms with Crippen molar-refractivity contribution >= 4 is 11.9 Å². The first-order valence-corrected chi connectivity index (χ1v) is 5.95. The number of morpholine rings is 1. The summed E-state index contributed by atoms with van der Waals surface area (Å²) in [5, 5.41) is 8.85. The maximum absolute atomic E-state index is 12.0. The van der Waals surface area contributed by atoms with E-state index in [9.17, 15) is 9.59 Å². The van der Waals surface area contributed by atoms with E-state index < -0.39 is 12.1 Å². The van der Waals surface area contributed by atoms with Crippen LogP contribution in [0.2, 0.25) is 0 Å². The summed E-state index contributed by atoms with van der Waals surface area (Å²) in [4.78, 5) is 24.4. The summed E-state index contributed by atoms with van der Waals surface area (Å²) in [5.74, 6) is -0.631. The third-order valence-electron chi connectivity index (χ3n) is 3.24. The topological polar surface area (TPSA) is 66.8 Å². The van der Waals surface area contributed by atoms with E-state index in [-0.39, 0.29) is 12.5 Å². The van der Waals surface area contributed by atoms with Crippen LogP contribution >= 0.6 is 0 Å². The highest BCUT2D eigenvalue weighted by Gasteiger charge is 2.29. The van der Waals surface area contributed by atoms with Gasteiger partial charge in [-0.05, 0) is 18.8 Å². The van der Waals surface area contributed by atoms with E-state index in [2.05, 4.69) is 12.2 Å². The van der Waals surface area contributed by atoms with Crippen molar-refractivity contribution in [3.63, 3.8) is 0 Å². The zero-order chi connectivity index (χ0) is 12.3. The Hall–Kier alpha value is -1.36. The molecule has 94 valence electrons. The van der Waals surface area contributed by atoms with Crippen LogP contribution in [-0.2, 0) is 14.3 Å². The molecule has 1 aliphatic heterocycles. The summed E-state index contributed by atoms with van der Waals surface area (Å²) in [6.45, 7) is 0.979. The Morgan fingerprint density at radius 1 is 1.47 bits per heavy atom. The summed E-state index contributed by atoms with van der Waals surface area (Å²) in [5.41, 5.74) is 0. The van der Waals surface area contributed by atoms with Crippen LogP contribution in [0.25, 0.3) is 0 Å². The molecule has 2 atom stereocenters. The van der Waals surface area contributed by atoms with E-state index >= 15 is 0 Å². The fraction of sp³-hybridized carbons (Fsp3) is 0.667. The normalized spacial score (nSPS) is 28.4. The minimum atomic E-state index is -0.997. The molecule has 17 heavy (non-hydrogen) atoms. The number of aliphatic carboxylic acids is 1. The third kappa shape index (κ3) is 3.06. The lowest BCUT2D eigenvalue weighted by Crippen LogP contribution is -2.48. The van der Waals surface area contributed by atoms with E-state index in [1.165, 1.54) is 0 Å². The molecule has 0 aromatic rings. The van der Waals surface area contributed by atoms with Crippen LogP contribution in [0.5, 0.6) is 0 Å². The average molecular weight is 239 g/mol. The highest BCUT2D eigenvalue weighted by molar-refractivity contribution is 5.79. The number of carboxylic acids is 1. The minimum Gasteiger partial charge on any atom is -0.479 e. The quantitative estimate of drug-likeness (QED) is 0.734. The largest absolute Gasteiger partial charge is 0.479 e. The van der Waals surface area contributed by atoms with Crippen molar-refractivity contribution in [1.82, 2.24) is 4.90 Å². The van der Waals surface area contributed by atoms with Gasteiger partial charge in [-0.2, -0.15) is 0 Å². The molecule has 0 saturated carbocycles. The number of carbonyl (C=O) groups excluding carboxylic acids is 1. The van der Waals surface area contributed by atoms with E-state index in [0.29, 0.717) is 25.5 Å². The molecule has 5 nitrogen and oxygen atoms in total. The summed E-state index contributed by atoms with van der Waals surface area (Å²) in [6, 6.07) is 0. The Labute approximate surface area is 100 Å². The summed E-state index contributed by atoms with van der Waals surface area (Å²) in [7, 11) is 0. The third-order valence-corrected chi connectivity index (χ3v) is 3.24. The average Bonchev–Trinajstić information content (AvgIpc) is 2.82. The Morgan fingerprint density at radius 3 is 2.94 bits per heavy atom. The zero-order valence-corrected chi connectivity index (χ0v) is 9.67. The first-order valence-electron chi connectivity index (χ1n) is 5.95. The first-order chi connectivity index (χ1) is 8.16. The molecule has 1 fully saturated rings. The second-order valence-corrected chi connectivity index (χ2v) is 4.51. The van der Waals surface area contributed by atoms with Crippen LogP contribution in [0.15, 0.2) is 12.2 Å². The van der Waals surface area contributed by atoms with Gasteiger partial charge in [0.15, 0.2) is 6.10 Å². The smallest absolute Gasteiger partial charge is 0.334 e. The van der Waals surface area contributed by atoms with Crippen LogP contribution in [0.1, 0.15) is 19.3 Å². The number of ether oxygens (including phenoxy) is 1. The van der Waals surface area contributed by atoms with Crippen LogP contribution in [0.4, 0.5) is 0 Å². The van der Waals surface area contributed by atoms with Gasteiger partial charge in [0.2, 0.25) is 5.91 Å². The van der Waals surface area contributed by atoms with Gasteiger partial charge in [-0.15, -0.1) is 0 Å². The second kappa shape index (κ2) is 5.31. The van der Waals surface area contributed by atoms with Crippen LogP contribution in [0.3, 0.4) is 0 Å². The predicted octanol–water partition coefficient (Wildman–Crippen LogP) is 0.655. The molecule has 0 aromatic carbocycles. The van der Waals surface area contributed by atoms with Gasteiger partial charge >= 0.3 is 5.97 Å². The van der Waals surface area contributed by atoms with E-state index in [1.807, 2.05) is 0 Å². The van der Waals surface area contributed by atoms with Crippen LogP contribution in [-0.4, -0.2) is 47.7 Å². The Bertz CT molecular complexity index is 339. The van der Waals surface area contributed by atoms with Gasteiger partial charge in [-0.25, -0.2) is 4.79 Å². The standard InChI is InChI=1S/C12H17NO4/c14-11(7-9-3-1-2-4-9)13-5-6-17-10(8-13)12(15)16/h1,3,9-10H,2,4-8H2,(H,15,16)/t9-,10+/m1/s1. The van der Waals surface area contributed by atoms with Crippen molar-refractivity contribution in [2.45, 2.75) is 25.4 Å². The number of carboxylic acid groups (broad SMARTS) is 1. The molecule has 1 amide bonds. The molecule has 5 heteroatoms. The number of hydrogen-bond acceptors (Lipinski definition) is 3. The lowest BCUT2D eigenvalue weighted by molar-refractivity contribution is -0.159. The maximum Gasteiger partial charge on any atom is 0.334 e. The molecular weight excluding hydrogens is 222 g/mol. The first kappa shape index (κ1) is 12.1. The highest BCUT2D eigenvalue weighted by atomic mass is 16.5. The fourth-order valence-corrected chi connectivity index (χ4v) is 2.24. The van der Waals surface area contributed by atoms with E-state index in [4.69, 9.17) is 9.84 Å². The van der Waals surface area contributed by atoms with Crippen molar-refractivity contribution in [3.8, 4) is 0 Å². The molecule has 1 saturated heterocycles. The number of rotatable bonds is 3. The lowest BCUT2D eigenvalue weighted by Gasteiger charge is -2.31. The maximum atomic E-state index is 12.0. The van der Waals surface area contributed by atoms with Gasteiger partial charge in [0.25, 0.3) is 0 Å². The molecule has 1 N–H and O–H groups in total. The van der Waals surface area contributed by atoms with Gasteiger partial charge in [-0.1, -0.05) is 12.2 Å². The molecule has 0 bridgehead atoms. The van der Waals surface area contributed by atoms with E-state index in [1.54, 1.807) is 4.90 Å². The van der Waals surface area contributed by atoms with Crippen LogP contribution in [0, 0.1) is 5.92 Å². The molecule has 0 unspecified atom stereocenters. The molecule has 0 radical (unpaired) electrons. The van der Waals surface area contributed by atoms with Crippen molar-refractivity contribution in [1.29, 1.82) is 0 Å². The van der Waals surface area contributed by atoms with Crippen molar-refractivity contribution in [2.24, 2.45) is 5.92 Å². The van der Waals surface area contributed by atoms with Crippen molar-refractivity contribution in [3.05, 3.63) is 12.2 Å². The molecule has 2 rings (SSSR count). The van der Waals surface area contributed by atoms with Gasteiger partial charge in [0, 0.05) is 13.0 Å². The van der Waals surface area contributed by atoms with Crippen molar-refractivity contribution < 1.29 is 19.4 Å². The number of hydrogen-bond donors (Lipinski definition) is 1. The number of nitrogens with zero attached hydrogens (tertiary/aromatic N) is 1. The summed E-state index contributed by atoms with van der Waals surface area (Å²) in [6.07, 6.45) is 5.86. The Balaban J connectivity index is 1.85. The highest BCUT2D eigenvalue weighted by Crippen LogP contribution is 2.21. The molecule has 1 heterocycles. The van der Waals surface area contributed by atoms with Gasteiger partial charge < -0.3 is 14.7 Å². The number of amides is 1. The zero-order valence-electron chi connectivity index (χ0n) is 9.67. The number of carbonyl (C=O) groups is 2. The van der Waals surface area contributed by atoms with Gasteiger partial charge in [-0.3, -0.25) is 4.79 Å². The van der Waals surface area contributed by atoms with Crippen molar-refractivity contribution in [2.75, 3.05) is 19.7 Å². The molecule has 2 aliphatic rings. The van der Waals surface area contributed by atoms with E-state index in [0.717, 1.165) is 12.8 Å².